The molecule has 0 bridgehead atoms. The molecule has 1 nitrogen and oxygen atoms in total. The maximum absolute atomic E-state index is 7.57. The summed E-state index contributed by atoms with van der Waals surface area (Å²) in [6.07, 6.45) is 7.98. The van der Waals surface area contributed by atoms with E-state index in [1.165, 1.54) is 32.1 Å². The molecule has 0 atom stereocenters. The summed E-state index contributed by atoms with van der Waals surface area (Å²) < 4.78 is 0. The van der Waals surface area contributed by atoms with Crippen LogP contribution in [-0.4, -0.2) is 11.7 Å². The minimum absolute atomic E-state index is 0. The fraction of sp³-hybridized carbons (Fsp3) is 0.900. The molecular formula is C10H23OTi-. The second-order valence-electron chi connectivity index (χ2n) is 2.58. The molecule has 0 saturated heterocycles. The smallest absolute Gasteiger partial charge is 0.0402 e. The molecule has 0 aromatic heterocycles. The summed E-state index contributed by atoms with van der Waals surface area (Å²) in [5.74, 6) is 0. The molecule has 0 saturated carbocycles. The van der Waals surface area contributed by atoms with Crippen molar-refractivity contribution in [2.24, 2.45) is 0 Å². The maximum Gasteiger partial charge on any atom is 0.0402 e. The van der Waals surface area contributed by atoms with E-state index in [-0.39, 0.29) is 28.3 Å². The Morgan fingerprint density at radius 3 is 1.75 bits per heavy atom. The summed E-state index contributed by atoms with van der Waals surface area (Å²) in [7, 11) is 0. The second kappa shape index (κ2) is 22.6. The van der Waals surface area contributed by atoms with E-state index in [0.717, 1.165) is 6.42 Å². The Morgan fingerprint density at radius 1 is 1.00 bits per heavy atom. The van der Waals surface area contributed by atoms with Gasteiger partial charge in [0.15, 0.2) is 0 Å². The average Bonchev–Trinajstić information content (AvgIpc) is 2.00. The van der Waals surface area contributed by atoms with Crippen molar-refractivity contribution in [2.75, 3.05) is 6.61 Å². The summed E-state index contributed by atoms with van der Waals surface area (Å²) in [4.78, 5) is 0. The molecule has 0 aliphatic rings. The van der Waals surface area contributed by atoms with Crippen LogP contribution in [0.15, 0.2) is 0 Å². The van der Waals surface area contributed by atoms with Crippen molar-refractivity contribution in [1.29, 1.82) is 0 Å². The Balaban J connectivity index is -0.000000177. The molecule has 0 aromatic carbocycles. The minimum Gasteiger partial charge on any atom is -0.397 e. The first kappa shape index (κ1) is 18.5. The first-order chi connectivity index (χ1) is 5.33. The number of hydrogen-bond donors (Lipinski definition) is 1. The van der Waals surface area contributed by atoms with Crippen molar-refractivity contribution in [3.63, 3.8) is 0 Å². The van der Waals surface area contributed by atoms with Gasteiger partial charge < -0.3 is 12.0 Å². The van der Waals surface area contributed by atoms with Crippen LogP contribution in [0.25, 0.3) is 0 Å². The molecule has 0 aromatic rings. The van der Waals surface area contributed by atoms with Gasteiger partial charge in [0.2, 0.25) is 0 Å². The van der Waals surface area contributed by atoms with E-state index in [2.05, 4.69) is 13.8 Å². The molecule has 0 aliphatic heterocycles. The normalized spacial score (nSPS) is 8.00. The second-order valence-corrected chi connectivity index (χ2v) is 2.58. The van der Waals surface area contributed by atoms with E-state index in [1.807, 2.05) is 0 Å². The Bertz CT molecular complexity index is 43.1. The number of rotatable bonds is 5. The SMILES string of the molecule is CCO.[CH2-]CCCCCCC.[Ti]. The van der Waals surface area contributed by atoms with Crippen LogP contribution in [0.2, 0.25) is 0 Å². The predicted molar refractivity (Wildman–Crippen MR) is 51.5 cm³/mol. The van der Waals surface area contributed by atoms with Crippen LogP contribution in [0.3, 0.4) is 0 Å². The molecule has 0 rings (SSSR count). The topological polar surface area (TPSA) is 20.2 Å². The van der Waals surface area contributed by atoms with Crippen molar-refractivity contribution in [1.82, 2.24) is 0 Å². The van der Waals surface area contributed by atoms with Gasteiger partial charge in [-0.25, -0.2) is 0 Å². The minimum atomic E-state index is 0. The van der Waals surface area contributed by atoms with Crippen molar-refractivity contribution in [2.45, 2.75) is 52.4 Å². The fourth-order valence-electron chi connectivity index (χ4n) is 0.780. The van der Waals surface area contributed by atoms with Gasteiger partial charge in [0.25, 0.3) is 0 Å². The summed E-state index contributed by atoms with van der Waals surface area (Å²) in [6.45, 7) is 7.95. The maximum atomic E-state index is 7.57. The van der Waals surface area contributed by atoms with Crippen molar-refractivity contribution in [3.05, 3.63) is 6.92 Å². The zero-order chi connectivity index (χ0) is 8.95. The molecule has 2 heteroatoms. The van der Waals surface area contributed by atoms with E-state index in [9.17, 15) is 0 Å². The van der Waals surface area contributed by atoms with E-state index >= 15 is 0 Å². The first-order valence-corrected chi connectivity index (χ1v) is 4.73. The van der Waals surface area contributed by atoms with E-state index in [4.69, 9.17) is 5.11 Å². The van der Waals surface area contributed by atoms with Gasteiger partial charge in [0, 0.05) is 28.3 Å². The molecule has 0 heterocycles. The molecule has 0 unspecified atom stereocenters. The van der Waals surface area contributed by atoms with Gasteiger partial charge >= 0.3 is 0 Å². The van der Waals surface area contributed by atoms with E-state index in [0.29, 0.717) is 0 Å². The Labute approximate surface area is 92.8 Å². The molecular weight excluding hydrogens is 184 g/mol. The summed E-state index contributed by atoms with van der Waals surface area (Å²) in [6, 6.07) is 0. The summed E-state index contributed by atoms with van der Waals surface area (Å²) >= 11 is 0. The van der Waals surface area contributed by atoms with E-state index < -0.39 is 0 Å². The average molecular weight is 207 g/mol. The van der Waals surface area contributed by atoms with E-state index in [1.54, 1.807) is 6.92 Å². The van der Waals surface area contributed by atoms with Gasteiger partial charge in [0.05, 0.1) is 0 Å². The Morgan fingerprint density at radius 2 is 1.42 bits per heavy atom. The summed E-state index contributed by atoms with van der Waals surface area (Å²) in [5, 5.41) is 7.57. The van der Waals surface area contributed by atoms with Gasteiger partial charge in [0.1, 0.15) is 0 Å². The van der Waals surface area contributed by atoms with Crippen LogP contribution in [0.5, 0.6) is 0 Å². The quantitative estimate of drug-likeness (QED) is 0.417. The van der Waals surface area contributed by atoms with Gasteiger partial charge in [-0.05, 0) is 6.92 Å². The molecule has 0 fully saturated rings. The van der Waals surface area contributed by atoms with Crippen molar-refractivity contribution >= 4 is 0 Å². The summed E-state index contributed by atoms with van der Waals surface area (Å²) in [5.41, 5.74) is 0. The zero-order valence-corrected chi connectivity index (χ0v) is 10.2. The number of unbranched alkanes of at least 4 members (excludes halogenated alkanes) is 5. The van der Waals surface area contributed by atoms with Crippen LogP contribution in [0, 0.1) is 6.92 Å². The third-order valence-electron chi connectivity index (χ3n) is 1.35. The van der Waals surface area contributed by atoms with Gasteiger partial charge in [-0.2, -0.15) is 6.42 Å². The third-order valence-corrected chi connectivity index (χ3v) is 1.35. The standard InChI is InChI=1S/C8H17.C2H6O.Ti/c1-3-5-7-8-6-4-2;1-2-3;/h1,3-8H2,2H3;3H,2H2,1H3;/q-1;;. The molecule has 0 aliphatic carbocycles. The largest absolute Gasteiger partial charge is 0.397 e. The molecule has 0 spiro atoms. The van der Waals surface area contributed by atoms with Gasteiger partial charge in [-0.3, -0.25) is 0 Å². The molecule has 12 heavy (non-hydrogen) atoms. The van der Waals surface area contributed by atoms with Gasteiger partial charge in [-0.1, -0.05) is 39.0 Å². The fourth-order valence-corrected chi connectivity index (χ4v) is 0.780. The van der Waals surface area contributed by atoms with Crippen LogP contribution in [0.4, 0.5) is 0 Å². The molecule has 0 radical (unpaired) electrons. The van der Waals surface area contributed by atoms with Crippen LogP contribution >= 0.6 is 0 Å². The molecule has 0 amide bonds. The van der Waals surface area contributed by atoms with Crippen LogP contribution < -0.4 is 0 Å². The van der Waals surface area contributed by atoms with Crippen molar-refractivity contribution in [3.8, 4) is 0 Å². The van der Waals surface area contributed by atoms with Gasteiger partial charge in [-0.15, -0.1) is 0 Å². The number of aliphatic hydroxyl groups is 1. The van der Waals surface area contributed by atoms with Crippen LogP contribution in [0.1, 0.15) is 52.4 Å². The number of aliphatic hydroxyl groups excluding tert-OH is 1. The monoisotopic (exact) mass is 207 g/mol. The molecule has 1 N–H and O–H groups in total. The van der Waals surface area contributed by atoms with Crippen LogP contribution in [-0.2, 0) is 21.7 Å². The third kappa shape index (κ3) is 31.0. The Kier molecular flexibility index (Phi) is 34.7. The van der Waals surface area contributed by atoms with Crippen molar-refractivity contribution < 1.29 is 26.8 Å². The Hall–Kier alpha value is 0.674. The molecule has 74 valence electrons. The zero-order valence-electron chi connectivity index (χ0n) is 8.60. The predicted octanol–water partition coefficient (Wildman–Crippen LogP) is 3.18. The first-order valence-electron chi connectivity index (χ1n) is 4.73. The number of hydrogen-bond acceptors (Lipinski definition) is 1.